The highest BCUT2D eigenvalue weighted by Crippen LogP contribution is 2.54. The van der Waals surface area contributed by atoms with E-state index in [0.717, 1.165) is 0 Å². The first kappa shape index (κ1) is 12.7. The van der Waals surface area contributed by atoms with E-state index in [-0.39, 0.29) is 5.41 Å². The Balaban J connectivity index is 1.65. The van der Waals surface area contributed by atoms with Crippen molar-refractivity contribution in [1.82, 2.24) is 0 Å². The van der Waals surface area contributed by atoms with Crippen LogP contribution in [0.15, 0.2) is 47.2 Å². The Morgan fingerprint density at radius 2 is 1.22 bits per heavy atom. The third-order valence-corrected chi connectivity index (χ3v) is 7.79. The SMILES string of the molecule is c1cc2cc3c(cc2s1)CCC31CCc2cc3sccc3cc21. The number of aryl methyl sites for hydroxylation is 2. The molecule has 0 bridgehead atoms. The maximum atomic E-state index is 2.50. The van der Waals surface area contributed by atoms with E-state index in [1.54, 1.807) is 22.3 Å². The highest BCUT2D eigenvalue weighted by molar-refractivity contribution is 7.17. The second-order valence-corrected chi connectivity index (χ2v) is 8.91. The third kappa shape index (κ3) is 1.56. The standard InChI is InChI=1S/C21H16S2/c1-5-21(17-9-15-3-7-22-19(15)11-13(1)17)6-2-14-12-20-16(4-8-23-20)10-18(14)21/h3-4,7-12H,1-2,5-6H2. The summed E-state index contributed by atoms with van der Waals surface area (Å²) in [5.41, 5.74) is 6.72. The van der Waals surface area contributed by atoms with Crippen molar-refractivity contribution >= 4 is 42.8 Å². The molecule has 0 N–H and O–H groups in total. The molecule has 0 fully saturated rings. The van der Waals surface area contributed by atoms with Gasteiger partial charge in [0, 0.05) is 14.8 Å². The molecule has 0 nitrogen and oxygen atoms in total. The highest BCUT2D eigenvalue weighted by atomic mass is 32.1. The zero-order valence-electron chi connectivity index (χ0n) is 12.8. The summed E-state index contributed by atoms with van der Waals surface area (Å²) >= 11 is 3.75. The number of rotatable bonds is 0. The van der Waals surface area contributed by atoms with Crippen molar-refractivity contribution in [3.63, 3.8) is 0 Å². The summed E-state index contributed by atoms with van der Waals surface area (Å²) in [5, 5.41) is 7.31. The summed E-state index contributed by atoms with van der Waals surface area (Å²) in [4.78, 5) is 0. The molecular formula is C21H16S2. The topological polar surface area (TPSA) is 0 Å². The van der Waals surface area contributed by atoms with Crippen LogP contribution < -0.4 is 0 Å². The maximum absolute atomic E-state index is 2.50. The summed E-state index contributed by atoms with van der Waals surface area (Å²) < 4.78 is 2.90. The minimum Gasteiger partial charge on any atom is -0.144 e. The van der Waals surface area contributed by atoms with Crippen molar-refractivity contribution in [2.45, 2.75) is 31.1 Å². The number of thiophene rings is 2. The lowest BCUT2D eigenvalue weighted by molar-refractivity contribution is 0.508. The first-order valence-corrected chi connectivity index (χ1v) is 10.1. The van der Waals surface area contributed by atoms with Crippen LogP contribution in [-0.2, 0) is 18.3 Å². The molecular weight excluding hydrogens is 316 g/mol. The second kappa shape index (κ2) is 4.25. The van der Waals surface area contributed by atoms with E-state index in [1.165, 1.54) is 45.9 Å². The molecule has 6 rings (SSSR count). The first-order valence-electron chi connectivity index (χ1n) is 8.35. The summed E-state index contributed by atoms with van der Waals surface area (Å²) in [5.74, 6) is 0. The Bertz CT molecular complexity index is 992. The minimum atomic E-state index is 0.289. The fraction of sp³-hybridized carbons (Fsp3) is 0.238. The molecule has 23 heavy (non-hydrogen) atoms. The predicted octanol–water partition coefficient (Wildman–Crippen LogP) is 6.29. The lowest BCUT2D eigenvalue weighted by Crippen LogP contribution is -2.20. The van der Waals surface area contributed by atoms with Gasteiger partial charge in [-0.15, -0.1) is 22.7 Å². The highest BCUT2D eigenvalue weighted by Gasteiger charge is 2.44. The van der Waals surface area contributed by atoms with Crippen LogP contribution in [0.25, 0.3) is 20.2 Å². The van der Waals surface area contributed by atoms with Crippen LogP contribution in [0.1, 0.15) is 35.1 Å². The molecule has 112 valence electrons. The van der Waals surface area contributed by atoms with E-state index in [1.807, 2.05) is 22.7 Å². The van der Waals surface area contributed by atoms with Crippen LogP contribution in [0.3, 0.4) is 0 Å². The van der Waals surface area contributed by atoms with Crippen molar-refractivity contribution < 1.29 is 0 Å². The van der Waals surface area contributed by atoms with E-state index in [0.29, 0.717) is 0 Å². The van der Waals surface area contributed by atoms with E-state index >= 15 is 0 Å². The lowest BCUT2D eigenvalue weighted by atomic mass is 9.76. The summed E-state index contributed by atoms with van der Waals surface area (Å²) in [6.07, 6.45) is 5.07. The molecule has 1 spiro atoms. The van der Waals surface area contributed by atoms with Gasteiger partial charge < -0.3 is 0 Å². The molecule has 2 aromatic carbocycles. The van der Waals surface area contributed by atoms with Crippen LogP contribution in [0.5, 0.6) is 0 Å². The van der Waals surface area contributed by atoms with Gasteiger partial charge in [0.05, 0.1) is 0 Å². The Kier molecular flexibility index (Phi) is 2.36. The van der Waals surface area contributed by atoms with Crippen molar-refractivity contribution in [1.29, 1.82) is 0 Å². The van der Waals surface area contributed by atoms with Gasteiger partial charge in [0.2, 0.25) is 0 Å². The van der Waals surface area contributed by atoms with Gasteiger partial charge in [0.25, 0.3) is 0 Å². The second-order valence-electron chi connectivity index (χ2n) is 7.02. The Hall–Kier alpha value is -1.64. The molecule has 0 radical (unpaired) electrons. The monoisotopic (exact) mass is 332 g/mol. The van der Waals surface area contributed by atoms with Gasteiger partial charge in [0.1, 0.15) is 0 Å². The predicted molar refractivity (Wildman–Crippen MR) is 101 cm³/mol. The van der Waals surface area contributed by atoms with Gasteiger partial charge in [-0.25, -0.2) is 0 Å². The first-order chi connectivity index (χ1) is 11.3. The molecule has 0 saturated carbocycles. The maximum Gasteiger partial charge on any atom is 0.0345 e. The zero-order chi connectivity index (χ0) is 15.0. The molecule has 0 atom stereocenters. The Morgan fingerprint density at radius 3 is 1.74 bits per heavy atom. The Morgan fingerprint density at radius 1 is 0.696 bits per heavy atom. The van der Waals surface area contributed by atoms with Crippen molar-refractivity contribution in [3.8, 4) is 0 Å². The summed E-state index contributed by atoms with van der Waals surface area (Å²) in [6.45, 7) is 0. The normalized spacial score (nSPS) is 18.1. The van der Waals surface area contributed by atoms with Gasteiger partial charge in [-0.2, -0.15) is 0 Å². The van der Waals surface area contributed by atoms with Gasteiger partial charge in [-0.1, -0.05) is 0 Å². The fourth-order valence-electron chi connectivity index (χ4n) is 4.91. The lowest BCUT2D eigenvalue weighted by Gasteiger charge is -2.27. The van der Waals surface area contributed by atoms with Crippen LogP contribution in [-0.4, -0.2) is 0 Å². The van der Waals surface area contributed by atoms with Gasteiger partial charge in [0.15, 0.2) is 0 Å². The quantitative estimate of drug-likeness (QED) is 0.355. The van der Waals surface area contributed by atoms with E-state index < -0.39 is 0 Å². The molecule has 0 amide bonds. The molecule has 2 heterocycles. The minimum absolute atomic E-state index is 0.289. The summed E-state index contributed by atoms with van der Waals surface area (Å²) in [7, 11) is 0. The van der Waals surface area contributed by atoms with Gasteiger partial charge in [-0.05, 0) is 106 Å². The smallest absolute Gasteiger partial charge is 0.0345 e. The molecule has 0 aliphatic heterocycles. The van der Waals surface area contributed by atoms with Crippen molar-refractivity contribution in [2.24, 2.45) is 0 Å². The number of hydrogen-bond donors (Lipinski definition) is 0. The number of hydrogen-bond acceptors (Lipinski definition) is 2. The van der Waals surface area contributed by atoms with Crippen LogP contribution in [0.4, 0.5) is 0 Å². The number of fused-ring (bicyclic) bond motifs is 6. The Labute approximate surface area is 143 Å². The molecule has 0 saturated heterocycles. The largest absolute Gasteiger partial charge is 0.144 e. The van der Waals surface area contributed by atoms with Crippen molar-refractivity contribution in [2.75, 3.05) is 0 Å². The third-order valence-electron chi connectivity index (χ3n) is 6.03. The van der Waals surface area contributed by atoms with Crippen LogP contribution in [0.2, 0.25) is 0 Å². The molecule has 2 heteroatoms. The van der Waals surface area contributed by atoms with Crippen molar-refractivity contribution in [3.05, 3.63) is 69.4 Å². The van der Waals surface area contributed by atoms with Gasteiger partial charge in [-0.3, -0.25) is 0 Å². The van der Waals surface area contributed by atoms with Gasteiger partial charge >= 0.3 is 0 Å². The number of benzene rings is 2. The summed E-state index contributed by atoms with van der Waals surface area (Å²) in [6, 6.07) is 14.5. The average Bonchev–Trinajstić information content (AvgIpc) is 3.32. The van der Waals surface area contributed by atoms with Crippen LogP contribution in [0, 0.1) is 0 Å². The van der Waals surface area contributed by atoms with E-state index in [4.69, 9.17) is 0 Å². The molecule has 0 unspecified atom stereocenters. The van der Waals surface area contributed by atoms with E-state index in [2.05, 4.69) is 47.2 Å². The van der Waals surface area contributed by atoms with E-state index in [9.17, 15) is 0 Å². The molecule has 4 aromatic rings. The molecule has 2 aromatic heterocycles. The molecule has 2 aliphatic rings. The fourth-order valence-corrected chi connectivity index (χ4v) is 6.58. The zero-order valence-corrected chi connectivity index (χ0v) is 14.4. The van der Waals surface area contributed by atoms with Crippen LogP contribution >= 0.6 is 22.7 Å². The average molecular weight is 332 g/mol. The molecule has 2 aliphatic carbocycles.